The minimum absolute atomic E-state index is 0.0548. The van der Waals surface area contributed by atoms with Crippen molar-refractivity contribution in [3.8, 4) is 0 Å². The number of nitrogens with two attached hydrogens (primary N) is 1. The summed E-state index contributed by atoms with van der Waals surface area (Å²) in [6, 6.07) is 3.71. The van der Waals surface area contributed by atoms with Crippen LogP contribution in [0.5, 0.6) is 0 Å². The van der Waals surface area contributed by atoms with Gasteiger partial charge in [-0.1, -0.05) is 12.8 Å². The summed E-state index contributed by atoms with van der Waals surface area (Å²) in [5, 5.41) is -0.590. The van der Waals surface area contributed by atoms with E-state index in [1.165, 1.54) is 0 Å². The lowest BCUT2D eigenvalue weighted by Gasteiger charge is -2.30. The topological polar surface area (TPSA) is 60.2 Å². The van der Waals surface area contributed by atoms with Crippen LogP contribution in [0, 0.1) is 5.92 Å². The summed E-state index contributed by atoms with van der Waals surface area (Å²) in [4.78, 5) is -0.0548. The maximum atomic E-state index is 12.6. The highest BCUT2D eigenvalue weighted by Crippen LogP contribution is 2.34. The average molecular weight is 321 g/mol. The van der Waals surface area contributed by atoms with Gasteiger partial charge in [0.25, 0.3) is 0 Å². The van der Waals surface area contributed by atoms with E-state index in [2.05, 4.69) is 0 Å². The number of halogens is 3. The van der Waals surface area contributed by atoms with Crippen molar-refractivity contribution in [2.45, 2.75) is 42.0 Å². The molecule has 2 atom stereocenters. The van der Waals surface area contributed by atoms with E-state index in [0.29, 0.717) is 6.42 Å². The second-order valence-electron chi connectivity index (χ2n) is 5.39. The summed E-state index contributed by atoms with van der Waals surface area (Å²) in [5.41, 5.74) is 4.79. The van der Waals surface area contributed by atoms with Gasteiger partial charge in [0.1, 0.15) is 0 Å². The molecule has 0 spiro atoms. The molecule has 1 aliphatic carbocycles. The number of hydrogen-bond acceptors (Lipinski definition) is 3. The molecule has 0 heterocycles. The summed E-state index contributed by atoms with van der Waals surface area (Å²) < 4.78 is 62.7. The molecule has 21 heavy (non-hydrogen) atoms. The largest absolute Gasteiger partial charge is 0.416 e. The van der Waals surface area contributed by atoms with Crippen LogP contribution in [-0.4, -0.2) is 20.2 Å². The Labute approximate surface area is 122 Å². The number of alkyl halides is 3. The first kappa shape index (κ1) is 16.3. The van der Waals surface area contributed by atoms with Gasteiger partial charge in [0, 0.05) is 0 Å². The second kappa shape index (κ2) is 5.96. The Morgan fingerprint density at radius 1 is 1.10 bits per heavy atom. The fourth-order valence-electron chi connectivity index (χ4n) is 2.86. The molecule has 0 aromatic heterocycles. The molecule has 1 saturated carbocycles. The molecule has 0 amide bonds. The molecule has 0 aliphatic heterocycles. The maximum absolute atomic E-state index is 12.6. The standard InChI is InChI=1S/C14H18F3NO2S/c15-14(16,17)11-5-7-12(8-6-11)21(19,20)13-4-2-1-3-10(13)9-18/h5-8,10,13H,1-4,9,18H2. The Morgan fingerprint density at radius 3 is 2.19 bits per heavy atom. The molecule has 0 radical (unpaired) electrons. The van der Waals surface area contributed by atoms with Gasteiger partial charge in [-0.2, -0.15) is 13.2 Å². The molecular formula is C14H18F3NO2S. The van der Waals surface area contributed by atoms with Crippen LogP contribution in [0.25, 0.3) is 0 Å². The monoisotopic (exact) mass is 321 g/mol. The molecule has 1 aromatic carbocycles. The third-order valence-corrected chi connectivity index (χ3v) is 6.40. The van der Waals surface area contributed by atoms with Crippen LogP contribution in [0.15, 0.2) is 29.2 Å². The Kier molecular flexibility index (Phi) is 4.63. The highest BCUT2D eigenvalue weighted by molar-refractivity contribution is 7.92. The predicted molar refractivity (Wildman–Crippen MR) is 73.4 cm³/mol. The molecule has 2 rings (SSSR count). The highest BCUT2D eigenvalue weighted by Gasteiger charge is 2.36. The van der Waals surface area contributed by atoms with Crippen molar-refractivity contribution in [1.29, 1.82) is 0 Å². The normalized spacial score (nSPS) is 24.0. The Morgan fingerprint density at radius 2 is 1.67 bits per heavy atom. The zero-order chi connectivity index (χ0) is 15.7. The third kappa shape index (κ3) is 3.40. The first-order valence-corrected chi connectivity index (χ1v) is 8.42. The molecule has 1 aliphatic rings. The third-order valence-electron chi connectivity index (χ3n) is 4.05. The van der Waals surface area contributed by atoms with Crippen LogP contribution < -0.4 is 5.73 Å². The van der Waals surface area contributed by atoms with E-state index in [9.17, 15) is 21.6 Å². The molecule has 118 valence electrons. The molecule has 1 fully saturated rings. The van der Waals surface area contributed by atoms with Crippen molar-refractivity contribution >= 4 is 9.84 Å². The van der Waals surface area contributed by atoms with E-state index in [4.69, 9.17) is 5.73 Å². The fraction of sp³-hybridized carbons (Fsp3) is 0.571. The van der Waals surface area contributed by atoms with Crippen molar-refractivity contribution < 1.29 is 21.6 Å². The maximum Gasteiger partial charge on any atom is 0.416 e. The first-order valence-electron chi connectivity index (χ1n) is 6.88. The van der Waals surface area contributed by atoms with Crippen molar-refractivity contribution in [1.82, 2.24) is 0 Å². The van der Waals surface area contributed by atoms with Crippen LogP contribution in [0.3, 0.4) is 0 Å². The van der Waals surface area contributed by atoms with E-state index in [1.54, 1.807) is 0 Å². The van der Waals surface area contributed by atoms with Gasteiger partial charge in [0.05, 0.1) is 15.7 Å². The van der Waals surface area contributed by atoms with Gasteiger partial charge in [0.15, 0.2) is 9.84 Å². The van der Waals surface area contributed by atoms with E-state index in [-0.39, 0.29) is 17.4 Å². The number of benzene rings is 1. The van der Waals surface area contributed by atoms with Gasteiger partial charge in [-0.05, 0) is 49.6 Å². The van der Waals surface area contributed by atoms with Crippen LogP contribution >= 0.6 is 0 Å². The quantitative estimate of drug-likeness (QED) is 0.931. The molecule has 0 bridgehead atoms. The minimum atomic E-state index is -4.47. The summed E-state index contributed by atoms with van der Waals surface area (Å²) in [7, 11) is -3.63. The van der Waals surface area contributed by atoms with Gasteiger partial charge < -0.3 is 5.73 Å². The first-order chi connectivity index (χ1) is 9.76. The van der Waals surface area contributed by atoms with Crippen molar-refractivity contribution in [2.75, 3.05) is 6.54 Å². The number of hydrogen-bond donors (Lipinski definition) is 1. The van der Waals surface area contributed by atoms with Crippen LogP contribution in [0.1, 0.15) is 31.2 Å². The Bertz CT molecular complexity index is 581. The van der Waals surface area contributed by atoms with Gasteiger partial charge in [0.2, 0.25) is 0 Å². The molecule has 2 unspecified atom stereocenters. The number of rotatable bonds is 3. The molecule has 1 aromatic rings. The van der Waals surface area contributed by atoms with Gasteiger partial charge in [-0.15, -0.1) is 0 Å². The predicted octanol–water partition coefficient (Wildman–Crippen LogP) is 3.00. The van der Waals surface area contributed by atoms with E-state index in [1.807, 2.05) is 0 Å². The second-order valence-corrected chi connectivity index (χ2v) is 7.55. The van der Waals surface area contributed by atoms with E-state index >= 15 is 0 Å². The lowest BCUT2D eigenvalue weighted by atomic mass is 9.89. The summed E-state index contributed by atoms with van der Waals surface area (Å²) >= 11 is 0. The SMILES string of the molecule is NCC1CCCCC1S(=O)(=O)c1ccc(C(F)(F)F)cc1. The molecule has 3 nitrogen and oxygen atoms in total. The molecular weight excluding hydrogens is 303 g/mol. The highest BCUT2D eigenvalue weighted by atomic mass is 32.2. The summed E-state index contributed by atoms with van der Waals surface area (Å²) in [6.45, 7) is 0.282. The Balaban J connectivity index is 2.31. The van der Waals surface area contributed by atoms with Crippen LogP contribution in [-0.2, 0) is 16.0 Å². The van der Waals surface area contributed by atoms with Crippen molar-refractivity contribution in [3.05, 3.63) is 29.8 Å². The van der Waals surface area contributed by atoms with Crippen LogP contribution in [0.2, 0.25) is 0 Å². The fourth-order valence-corrected chi connectivity index (χ4v) is 4.96. The van der Waals surface area contributed by atoms with Crippen LogP contribution in [0.4, 0.5) is 13.2 Å². The summed E-state index contributed by atoms with van der Waals surface area (Å²) in [6.07, 6.45) is -1.44. The lowest BCUT2D eigenvalue weighted by molar-refractivity contribution is -0.137. The van der Waals surface area contributed by atoms with Gasteiger partial charge >= 0.3 is 6.18 Å². The minimum Gasteiger partial charge on any atom is -0.330 e. The van der Waals surface area contributed by atoms with Crippen molar-refractivity contribution in [3.63, 3.8) is 0 Å². The summed E-state index contributed by atoms with van der Waals surface area (Å²) in [5.74, 6) is -0.119. The Hall–Kier alpha value is -1.08. The van der Waals surface area contributed by atoms with Gasteiger partial charge in [-0.3, -0.25) is 0 Å². The zero-order valence-corrected chi connectivity index (χ0v) is 12.3. The van der Waals surface area contributed by atoms with E-state index < -0.39 is 26.8 Å². The number of sulfone groups is 1. The smallest absolute Gasteiger partial charge is 0.330 e. The zero-order valence-electron chi connectivity index (χ0n) is 11.4. The lowest BCUT2D eigenvalue weighted by Crippen LogP contribution is -2.37. The van der Waals surface area contributed by atoms with Gasteiger partial charge in [-0.25, -0.2) is 8.42 Å². The molecule has 7 heteroatoms. The van der Waals surface area contributed by atoms with E-state index in [0.717, 1.165) is 43.5 Å². The molecule has 2 N–H and O–H groups in total. The molecule has 0 saturated heterocycles. The van der Waals surface area contributed by atoms with Crippen molar-refractivity contribution in [2.24, 2.45) is 11.7 Å². The average Bonchev–Trinajstić information content (AvgIpc) is 2.46.